The molecule has 0 aliphatic heterocycles. The minimum atomic E-state index is -0.0266. The fraction of sp³-hybridized carbons (Fsp3) is 0.200. The number of hydrogen-bond acceptors (Lipinski definition) is 2. The van der Waals surface area contributed by atoms with Crippen molar-refractivity contribution in [3.8, 4) is 5.75 Å². The summed E-state index contributed by atoms with van der Waals surface area (Å²) in [5.41, 5.74) is 2.02. The summed E-state index contributed by atoms with van der Waals surface area (Å²) in [4.78, 5) is 0. The summed E-state index contributed by atoms with van der Waals surface area (Å²) in [5.74, 6) is 0.816. The van der Waals surface area contributed by atoms with Gasteiger partial charge >= 0.3 is 0 Å². The van der Waals surface area contributed by atoms with Crippen molar-refractivity contribution in [2.75, 3.05) is 14.2 Å². The van der Waals surface area contributed by atoms with Crippen LogP contribution in [0.4, 0.5) is 0 Å². The molecule has 2 nitrogen and oxygen atoms in total. The third-order valence-electron chi connectivity index (χ3n) is 2.98. The Labute approximate surface area is 123 Å². The Morgan fingerprint density at radius 2 is 1.89 bits per heavy atom. The molecule has 0 aliphatic carbocycles. The van der Waals surface area contributed by atoms with Gasteiger partial charge in [0.2, 0.25) is 0 Å². The molecule has 0 saturated carbocycles. The van der Waals surface area contributed by atoms with E-state index in [1.807, 2.05) is 43.4 Å². The maximum Gasteiger partial charge on any atom is 0.119 e. The van der Waals surface area contributed by atoms with E-state index in [-0.39, 0.29) is 6.04 Å². The molecule has 0 bridgehead atoms. The van der Waals surface area contributed by atoms with E-state index in [0.717, 1.165) is 16.9 Å². The Morgan fingerprint density at radius 1 is 1.11 bits per heavy atom. The first kappa shape index (κ1) is 14.2. The molecule has 0 fully saturated rings. The van der Waals surface area contributed by atoms with Crippen LogP contribution in [-0.2, 0) is 0 Å². The molecule has 0 radical (unpaired) electrons. The van der Waals surface area contributed by atoms with Gasteiger partial charge in [0.25, 0.3) is 0 Å². The average molecular weight is 296 g/mol. The second kappa shape index (κ2) is 6.29. The van der Waals surface area contributed by atoms with Gasteiger partial charge in [-0.15, -0.1) is 0 Å². The number of halogens is 2. The van der Waals surface area contributed by atoms with Crippen LogP contribution in [0.3, 0.4) is 0 Å². The molecular formula is C15H15Cl2NO. The standard InChI is InChI=1S/C15H15Cl2NO/c1-18-15(10-4-3-5-12(8-10)19-2)13-9-11(16)6-7-14(13)17/h3-9,15,18H,1-2H3. The molecule has 100 valence electrons. The number of nitrogens with one attached hydrogen (secondary N) is 1. The van der Waals surface area contributed by atoms with Crippen molar-refractivity contribution in [1.82, 2.24) is 5.32 Å². The monoisotopic (exact) mass is 295 g/mol. The lowest BCUT2D eigenvalue weighted by atomic mass is 9.98. The van der Waals surface area contributed by atoms with Crippen LogP contribution in [0.2, 0.25) is 10.0 Å². The molecule has 1 unspecified atom stereocenters. The Kier molecular flexibility index (Phi) is 4.70. The molecule has 0 aliphatic rings. The smallest absolute Gasteiger partial charge is 0.119 e. The Balaban J connectivity index is 2.46. The molecule has 19 heavy (non-hydrogen) atoms. The van der Waals surface area contributed by atoms with Gasteiger partial charge in [0.1, 0.15) is 5.75 Å². The Bertz CT molecular complexity index is 572. The highest BCUT2D eigenvalue weighted by Gasteiger charge is 2.16. The van der Waals surface area contributed by atoms with E-state index in [9.17, 15) is 0 Å². The van der Waals surface area contributed by atoms with Crippen molar-refractivity contribution in [3.05, 3.63) is 63.6 Å². The van der Waals surface area contributed by atoms with E-state index in [2.05, 4.69) is 5.32 Å². The summed E-state index contributed by atoms with van der Waals surface area (Å²) in [6.07, 6.45) is 0. The van der Waals surface area contributed by atoms with Gasteiger partial charge in [-0.05, 0) is 48.5 Å². The second-order valence-corrected chi connectivity index (χ2v) is 5.01. The van der Waals surface area contributed by atoms with Crippen LogP contribution in [0.25, 0.3) is 0 Å². The first-order valence-electron chi connectivity index (χ1n) is 5.92. The topological polar surface area (TPSA) is 21.3 Å². The quantitative estimate of drug-likeness (QED) is 0.907. The minimum absolute atomic E-state index is 0.0266. The number of methoxy groups -OCH3 is 1. The maximum absolute atomic E-state index is 6.26. The molecule has 1 N–H and O–H groups in total. The fourth-order valence-corrected chi connectivity index (χ4v) is 2.47. The van der Waals surface area contributed by atoms with Crippen LogP contribution in [0.5, 0.6) is 5.75 Å². The van der Waals surface area contributed by atoms with E-state index in [0.29, 0.717) is 10.0 Å². The highest BCUT2D eigenvalue weighted by molar-refractivity contribution is 6.33. The molecule has 2 aromatic carbocycles. The van der Waals surface area contributed by atoms with Crippen LogP contribution in [0.1, 0.15) is 17.2 Å². The maximum atomic E-state index is 6.26. The molecule has 0 spiro atoms. The van der Waals surface area contributed by atoms with Gasteiger partial charge in [0, 0.05) is 10.0 Å². The van der Waals surface area contributed by atoms with Gasteiger partial charge in [0.05, 0.1) is 13.2 Å². The van der Waals surface area contributed by atoms with Crippen molar-refractivity contribution < 1.29 is 4.74 Å². The number of hydrogen-bond donors (Lipinski definition) is 1. The van der Waals surface area contributed by atoms with Gasteiger partial charge in [-0.2, -0.15) is 0 Å². The third kappa shape index (κ3) is 3.21. The number of rotatable bonds is 4. The Hall–Kier alpha value is -1.22. The van der Waals surface area contributed by atoms with Gasteiger partial charge in [-0.1, -0.05) is 35.3 Å². The van der Waals surface area contributed by atoms with E-state index < -0.39 is 0 Å². The summed E-state index contributed by atoms with van der Waals surface area (Å²) in [5, 5.41) is 4.61. The number of ether oxygens (including phenoxy) is 1. The molecule has 4 heteroatoms. The molecule has 2 rings (SSSR count). The first-order chi connectivity index (χ1) is 9.15. The van der Waals surface area contributed by atoms with Crippen molar-refractivity contribution in [1.29, 1.82) is 0 Å². The lowest BCUT2D eigenvalue weighted by Gasteiger charge is -2.19. The van der Waals surface area contributed by atoms with Crippen LogP contribution >= 0.6 is 23.2 Å². The van der Waals surface area contributed by atoms with Crippen LogP contribution in [0.15, 0.2) is 42.5 Å². The zero-order valence-corrected chi connectivity index (χ0v) is 12.3. The molecule has 1 atom stereocenters. The zero-order chi connectivity index (χ0) is 13.8. The summed E-state index contributed by atoms with van der Waals surface area (Å²) in [6, 6.07) is 13.3. The van der Waals surface area contributed by atoms with Gasteiger partial charge in [0.15, 0.2) is 0 Å². The SMILES string of the molecule is CNC(c1cccc(OC)c1)c1cc(Cl)ccc1Cl. The van der Waals surface area contributed by atoms with Gasteiger partial charge in [-0.3, -0.25) is 0 Å². The summed E-state index contributed by atoms with van der Waals surface area (Å²) >= 11 is 12.3. The van der Waals surface area contributed by atoms with Gasteiger partial charge in [-0.25, -0.2) is 0 Å². The highest BCUT2D eigenvalue weighted by Crippen LogP contribution is 2.31. The summed E-state index contributed by atoms with van der Waals surface area (Å²) in [7, 11) is 3.54. The van der Waals surface area contributed by atoms with E-state index >= 15 is 0 Å². The van der Waals surface area contributed by atoms with Crippen molar-refractivity contribution in [3.63, 3.8) is 0 Å². The van der Waals surface area contributed by atoms with Crippen molar-refractivity contribution in [2.45, 2.75) is 6.04 Å². The van der Waals surface area contributed by atoms with Crippen LogP contribution < -0.4 is 10.1 Å². The summed E-state index contributed by atoms with van der Waals surface area (Å²) in [6.45, 7) is 0. The van der Waals surface area contributed by atoms with Gasteiger partial charge < -0.3 is 10.1 Å². The molecule has 0 heterocycles. The lowest BCUT2D eigenvalue weighted by Crippen LogP contribution is -2.18. The van der Waals surface area contributed by atoms with Crippen molar-refractivity contribution in [2.24, 2.45) is 0 Å². The largest absolute Gasteiger partial charge is 0.497 e. The summed E-state index contributed by atoms with van der Waals surface area (Å²) < 4.78 is 5.25. The molecule has 0 aromatic heterocycles. The predicted octanol–water partition coefficient (Wildman–Crippen LogP) is 4.31. The van der Waals surface area contributed by atoms with Crippen LogP contribution in [-0.4, -0.2) is 14.2 Å². The molecule has 2 aromatic rings. The third-order valence-corrected chi connectivity index (χ3v) is 3.56. The van der Waals surface area contributed by atoms with Crippen LogP contribution in [0, 0.1) is 0 Å². The highest BCUT2D eigenvalue weighted by atomic mass is 35.5. The Morgan fingerprint density at radius 3 is 2.58 bits per heavy atom. The molecule has 0 amide bonds. The zero-order valence-electron chi connectivity index (χ0n) is 10.8. The predicted molar refractivity (Wildman–Crippen MR) is 80.4 cm³/mol. The van der Waals surface area contributed by atoms with Crippen molar-refractivity contribution >= 4 is 23.2 Å². The van der Waals surface area contributed by atoms with E-state index in [4.69, 9.17) is 27.9 Å². The fourth-order valence-electron chi connectivity index (χ4n) is 2.06. The lowest BCUT2D eigenvalue weighted by molar-refractivity contribution is 0.414. The second-order valence-electron chi connectivity index (χ2n) is 4.16. The average Bonchev–Trinajstić information content (AvgIpc) is 2.44. The minimum Gasteiger partial charge on any atom is -0.497 e. The normalized spacial score (nSPS) is 12.2. The van der Waals surface area contributed by atoms with E-state index in [1.165, 1.54) is 0 Å². The molecule has 0 saturated heterocycles. The number of benzene rings is 2. The molecular weight excluding hydrogens is 281 g/mol. The first-order valence-corrected chi connectivity index (χ1v) is 6.67. The van der Waals surface area contributed by atoms with E-state index in [1.54, 1.807) is 13.2 Å².